The highest BCUT2D eigenvalue weighted by Crippen LogP contribution is 2.37. The fraction of sp³-hybridized carbons (Fsp3) is 0.405. The first-order valence-corrected chi connectivity index (χ1v) is 17.3. The van der Waals surface area contributed by atoms with Gasteiger partial charge in [0.15, 0.2) is 0 Å². The Morgan fingerprint density at radius 2 is 1.43 bits per heavy atom. The van der Waals surface area contributed by atoms with E-state index < -0.39 is 6.09 Å². The van der Waals surface area contributed by atoms with Crippen molar-refractivity contribution in [1.29, 1.82) is 0 Å². The number of carbonyl (C=O) groups is 2. The molecule has 3 aliphatic heterocycles. The Balaban J connectivity index is 1.19. The van der Waals surface area contributed by atoms with Crippen LogP contribution >= 0.6 is 0 Å². The number of carboxylic acid groups (broad SMARTS) is 1. The highest BCUT2D eigenvalue weighted by molar-refractivity contribution is 5.97. The third-order valence-corrected chi connectivity index (χ3v) is 9.75. The second-order valence-electron chi connectivity index (χ2n) is 12.9. The number of hydrogen-bond acceptors (Lipinski definition) is 11. The minimum absolute atomic E-state index is 0.0179. The lowest BCUT2D eigenvalue weighted by molar-refractivity contribution is -0.123. The van der Waals surface area contributed by atoms with E-state index in [9.17, 15) is 14.7 Å². The van der Waals surface area contributed by atoms with Gasteiger partial charge in [0.25, 0.3) is 0 Å². The topological polar surface area (TPSA) is 147 Å². The number of anilines is 3. The zero-order valence-corrected chi connectivity index (χ0v) is 28.9. The van der Waals surface area contributed by atoms with E-state index in [4.69, 9.17) is 34.1 Å². The highest BCUT2D eigenvalue weighted by atomic mass is 16.5. The lowest BCUT2D eigenvalue weighted by Gasteiger charge is -2.32. The summed E-state index contributed by atoms with van der Waals surface area (Å²) in [5, 5.41) is 9.39. The van der Waals surface area contributed by atoms with Gasteiger partial charge in [0.1, 0.15) is 17.3 Å². The van der Waals surface area contributed by atoms with Crippen molar-refractivity contribution < 1.29 is 28.9 Å². The molecule has 4 aromatic rings. The summed E-state index contributed by atoms with van der Waals surface area (Å²) in [5.74, 6) is 3.01. The molecule has 1 N–H and O–H groups in total. The van der Waals surface area contributed by atoms with Crippen LogP contribution < -0.4 is 24.2 Å². The summed E-state index contributed by atoms with van der Waals surface area (Å²) in [4.78, 5) is 52.4. The van der Waals surface area contributed by atoms with Crippen LogP contribution in [0.15, 0.2) is 60.9 Å². The SMILES string of the molecule is COc1ccc(CN(Cc2ccc(OC)cc2)c2ncc(-c3nc(N4CCOCC4)nc4c3CCN4C(=O)C3CCN(C(=O)O)CC3)cn2)cc1. The number of piperidine rings is 1. The number of likely N-dealkylation sites (tertiary alicyclic amines) is 1. The van der Waals surface area contributed by atoms with Gasteiger partial charge >= 0.3 is 6.09 Å². The van der Waals surface area contributed by atoms with Crippen LogP contribution in [0.25, 0.3) is 11.3 Å². The molecule has 0 aliphatic carbocycles. The fourth-order valence-electron chi connectivity index (χ4n) is 6.85. The third kappa shape index (κ3) is 7.50. The van der Waals surface area contributed by atoms with Crippen LogP contribution in [0, 0.1) is 5.92 Å². The Morgan fingerprint density at radius 3 is 1.98 bits per heavy atom. The van der Waals surface area contributed by atoms with Crippen LogP contribution in [-0.4, -0.2) is 102 Å². The number of methoxy groups -OCH3 is 2. The maximum atomic E-state index is 13.9. The number of fused-ring (bicyclic) bond motifs is 1. The van der Waals surface area contributed by atoms with E-state index in [0.29, 0.717) is 102 Å². The molecule has 2 aromatic heterocycles. The number of hydrogen-bond donors (Lipinski definition) is 1. The van der Waals surface area contributed by atoms with Crippen LogP contribution in [-0.2, 0) is 29.0 Å². The molecule has 0 atom stereocenters. The molecule has 0 radical (unpaired) electrons. The summed E-state index contributed by atoms with van der Waals surface area (Å²) in [6, 6.07) is 15.9. The predicted molar refractivity (Wildman–Crippen MR) is 190 cm³/mol. The van der Waals surface area contributed by atoms with Gasteiger partial charge in [-0.3, -0.25) is 9.69 Å². The van der Waals surface area contributed by atoms with Crippen LogP contribution in [0.2, 0.25) is 0 Å². The van der Waals surface area contributed by atoms with Gasteiger partial charge in [0.2, 0.25) is 17.8 Å². The molecule has 0 saturated carbocycles. The van der Waals surface area contributed by atoms with E-state index in [1.54, 1.807) is 31.5 Å². The molecule has 14 nitrogen and oxygen atoms in total. The van der Waals surface area contributed by atoms with Crippen LogP contribution in [0.3, 0.4) is 0 Å². The summed E-state index contributed by atoms with van der Waals surface area (Å²) in [6.07, 6.45) is 4.23. The quantitative estimate of drug-likeness (QED) is 0.253. The van der Waals surface area contributed by atoms with Gasteiger partial charge in [-0.15, -0.1) is 0 Å². The van der Waals surface area contributed by atoms with Gasteiger partial charge in [0.05, 0.1) is 33.1 Å². The zero-order valence-electron chi connectivity index (χ0n) is 28.9. The molecular formula is C37H42N8O6. The van der Waals surface area contributed by atoms with Crippen LogP contribution in [0.4, 0.5) is 22.5 Å². The summed E-state index contributed by atoms with van der Waals surface area (Å²) >= 11 is 0. The molecule has 266 valence electrons. The molecular weight excluding hydrogens is 652 g/mol. The van der Waals surface area contributed by atoms with Crippen molar-refractivity contribution >= 4 is 29.7 Å². The normalized spacial score (nSPS) is 16.2. The first-order chi connectivity index (χ1) is 24.9. The van der Waals surface area contributed by atoms with E-state index >= 15 is 0 Å². The van der Waals surface area contributed by atoms with Crippen molar-refractivity contribution in [3.05, 3.63) is 77.6 Å². The first-order valence-electron chi connectivity index (χ1n) is 17.3. The van der Waals surface area contributed by atoms with E-state index in [-0.39, 0.29) is 11.8 Å². The standard InChI is InChI=1S/C37H42N8O6/c1-49-29-7-3-25(4-8-29)23-44(24-26-5-9-30(50-2)10-6-26)35-38-21-28(22-39-35)32-31-13-16-45(34(46)27-11-14-43(15-12-27)37(47)48)33(31)41-36(40-32)42-17-19-51-20-18-42/h3-10,21-22,27H,11-20,23-24H2,1-2H3,(H,47,48). The van der Waals surface area contributed by atoms with E-state index in [1.807, 2.05) is 48.5 Å². The molecule has 7 rings (SSSR count). The van der Waals surface area contributed by atoms with Crippen molar-refractivity contribution in [3.63, 3.8) is 0 Å². The van der Waals surface area contributed by atoms with Crippen molar-refractivity contribution in [1.82, 2.24) is 24.8 Å². The van der Waals surface area contributed by atoms with Crippen molar-refractivity contribution in [2.24, 2.45) is 5.92 Å². The molecule has 2 aromatic carbocycles. The predicted octanol–water partition coefficient (Wildman–Crippen LogP) is 4.27. The molecule has 2 fully saturated rings. The average Bonchev–Trinajstić information content (AvgIpc) is 3.62. The molecule has 0 bridgehead atoms. The van der Waals surface area contributed by atoms with E-state index in [2.05, 4.69) is 9.80 Å². The van der Waals surface area contributed by atoms with Crippen molar-refractivity contribution in [3.8, 4) is 22.8 Å². The summed E-state index contributed by atoms with van der Waals surface area (Å²) in [7, 11) is 3.31. The van der Waals surface area contributed by atoms with Gasteiger partial charge in [-0.1, -0.05) is 24.3 Å². The van der Waals surface area contributed by atoms with Gasteiger partial charge in [-0.25, -0.2) is 19.7 Å². The lowest BCUT2D eigenvalue weighted by atomic mass is 9.95. The van der Waals surface area contributed by atoms with Crippen molar-refractivity contribution in [2.45, 2.75) is 32.4 Å². The smallest absolute Gasteiger partial charge is 0.407 e. The minimum Gasteiger partial charge on any atom is -0.497 e. The Hall–Kier alpha value is -5.50. The number of benzene rings is 2. The molecule has 2 saturated heterocycles. The molecule has 5 heterocycles. The second kappa shape index (κ2) is 15.2. The number of nitrogens with zero attached hydrogens (tertiary/aromatic N) is 8. The van der Waals surface area contributed by atoms with Gasteiger partial charge < -0.3 is 34.0 Å². The van der Waals surface area contributed by atoms with Crippen LogP contribution in [0.5, 0.6) is 11.5 Å². The number of morpholine rings is 1. The van der Waals surface area contributed by atoms with E-state index in [0.717, 1.165) is 33.8 Å². The first kappa shape index (κ1) is 34.0. The second-order valence-corrected chi connectivity index (χ2v) is 12.9. The monoisotopic (exact) mass is 694 g/mol. The fourth-order valence-corrected chi connectivity index (χ4v) is 6.85. The summed E-state index contributed by atoms with van der Waals surface area (Å²) < 4.78 is 16.3. The number of carbonyl (C=O) groups excluding carboxylic acids is 1. The largest absolute Gasteiger partial charge is 0.497 e. The summed E-state index contributed by atoms with van der Waals surface area (Å²) in [5.41, 5.74) is 4.50. The number of rotatable bonds is 10. The van der Waals surface area contributed by atoms with Crippen molar-refractivity contribution in [2.75, 3.05) is 74.9 Å². The molecule has 0 unspecified atom stereocenters. The molecule has 3 aliphatic rings. The Labute approximate surface area is 296 Å². The summed E-state index contributed by atoms with van der Waals surface area (Å²) in [6.45, 7) is 4.73. The van der Waals surface area contributed by atoms with Gasteiger partial charge in [-0.05, 0) is 54.7 Å². The lowest BCUT2D eigenvalue weighted by Crippen LogP contribution is -2.44. The minimum atomic E-state index is -0.947. The molecule has 14 heteroatoms. The van der Waals surface area contributed by atoms with Gasteiger partial charge in [-0.2, -0.15) is 4.98 Å². The van der Waals surface area contributed by atoms with Gasteiger partial charge in [0, 0.05) is 75.3 Å². The molecule has 0 spiro atoms. The number of amides is 2. The Morgan fingerprint density at radius 1 is 0.843 bits per heavy atom. The van der Waals surface area contributed by atoms with E-state index in [1.165, 1.54) is 4.90 Å². The van der Waals surface area contributed by atoms with Crippen LogP contribution in [0.1, 0.15) is 29.5 Å². The maximum absolute atomic E-state index is 13.9. The third-order valence-electron chi connectivity index (χ3n) is 9.75. The molecule has 2 amide bonds. The number of aromatic nitrogens is 4. The zero-order chi connectivity index (χ0) is 35.3. The Kier molecular flexibility index (Phi) is 10.1. The molecule has 51 heavy (non-hydrogen) atoms. The number of ether oxygens (including phenoxy) is 3. The maximum Gasteiger partial charge on any atom is 0.407 e. The highest BCUT2D eigenvalue weighted by Gasteiger charge is 2.36. The Bertz CT molecular complexity index is 1780. The average molecular weight is 695 g/mol.